The van der Waals surface area contributed by atoms with Gasteiger partial charge in [0.15, 0.2) is 0 Å². The molecule has 0 bridgehead atoms. The number of furan rings is 4. The maximum Gasteiger partial charge on any atom is 0.137 e. The summed E-state index contributed by atoms with van der Waals surface area (Å²) in [5.74, 6) is 0. The Labute approximate surface area is 470 Å². The lowest BCUT2D eigenvalue weighted by Gasteiger charge is -2.45. The van der Waals surface area contributed by atoms with E-state index in [4.69, 9.17) is 17.7 Å². The predicted molar refractivity (Wildman–Crippen MR) is 335 cm³/mol. The number of anilines is 6. The van der Waals surface area contributed by atoms with E-state index >= 15 is 0 Å². The first-order valence-corrected chi connectivity index (χ1v) is 28.1. The Balaban J connectivity index is 0.852. The van der Waals surface area contributed by atoms with Crippen molar-refractivity contribution in [3.63, 3.8) is 0 Å². The van der Waals surface area contributed by atoms with Crippen LogP contribution in [0.2, 0.25) is 0 Å². The van der Waals surface area contributed by atoms with Gasteiger partial charge in [0.25, 0.3) is 0 Å². The lowest BCUT2D eigenvalue weighted by Crippen LogP contribution is -2.44. The maximum absolute atomic E-state index is 6.61. The highest BCUT2D eigenvalue weighted by Crippen LogP contribution is 2.66. The fourth-order valence-electron chi connectivity index (χ4n) is 14.6. The van der Waals surface area contributed by atoms with Crippen LogP contribution >= 0.6 is 0 Å². The second kappa shape index (κ2) is 16.5. The summed E-state index contributed by atoms with van der Waals surface area (Å²) in [6, 6.07) is 92.0. The molecule has 6 heteroatoms. The molecule has 2 aliphatic carbocycles. The quantitative estimate of drug-likeness (QED) is 0.159. The van der Waals surface area contributed by atoms with Gasteiger partial charge in [-0.25, -0.2) is 0 Å². The Morgan fingerprint density at radius 1 is 0.220 bits per heavy atom. The van der Waals surface area contributed by atoms with Crippen molar-refractivity contribution in [1.82, 2.24) is 0 Å². The molecule has 0 aliphatic heterocycles. The SMILES string of the molecule is CC1(C2(C)c3ccccc3-c3ccc(N(c4ccc5c(c4)oc4ccccc45)c4ccc5c(c4)oc4ccccc45)cc32)c2ccccc2-c2ccc(N(c3ccc4c(c3)oc3ccccc34)c3ccc4c(c3)oc3ccccc34)cc21. The van der Waals surface area contributed by atoms with Crippen molar-refractivity contribution in [2.45, 2.75) is 24.7 Å². The molecular weight excluding hydrogens is 1000 g/mol. The molecular formula is C76H48N2O4. The minimum Gasteiger partial charge on any atom is -0.456 e. The standard InChI is InChI=1S/C76H48N2O4/c1-75(63-21-9-3-15-51(63)53-33-27-45(39-65(53)75)77(47-29-35-59-55-17-5-11-23-67(55)79-71(59)41-47)48-30-36-60-56-18-6-12-24-68(56)80-72(60)42-48)76(2)64-22-10-4-16-52(64)54-34-28-46(40-66(54)76)78(49-31-37-61-57-19-7-13-25-69(57)81-73(61)43-49)50-32-38-62-58-20-8-14-26-70(58)82-74(62)44-50/h3-44H,1-2H3. The van der Waals surface area contributed by atoms with Gasteiger partial charge in [-0.1, -0.05) is 147 Å². The highest BCUT2D eigenvalue weighted by atomic mass is 16.3. The summed E-state index contributed by atoms with van der Waals surface area (Å²) in [7, 11) is 0. The maximum atomic E-state index is 6.61. The van der Waals surface area contributed by atoms with Crippen LogP contribution in [0.4, 0.5) is 34.1 Å². The summed E-state index contributed by atoms with van der Waals surface area (Å²) in [6.45, 7) is 4.99. The van der Waals surface area contributed by atoms with Gasteiger partial charge in [-0.05, 0) is 142 Å². The van der Waals surface area contributed by atoms with Crippen LogP contribution in [-0.2, 0) is 10.8 Å². The van der Waals surface area contributed by atoms with E-state index in [1.54, 1.807) is 0 Å². The van der Waals surface area contributed by atoms with Crippen molar-refractivity contribution in [3.8, 4) is 22.3 Å². The molecule has 2 unspecified atom stereocenters. The number of rotatable bonds is 7. The fraction of sp³-hybridized carbons (Fsp3) is 0.0526. The van der Waals surface area contributed by atoms with E-state index < -0.39 is 10.8 Å². The van der Waals surface area contributed by atoms with Crippen LogP contribution in [0.25, 0.3) is 110 Å². The number of hydrogen-bond donors (Lipinski definition) is 0. The molecule has 0 N–H and O–H groups in total. The van der Waals surface area contributed by atoms with Gasteiger partial charge >= 0.3 is 0 Å². The topological polar surface area (TPSA) is 59.0 Å². The molecule has 12 aromatic carbocycles. The van der Waals surface area contributed by atoms with Gasteiger partial charge < -0.3 is 27.5 Å². The van der Waals surface area contributed by atoms with Crippen molar-refractivity contribution in [1.29, 1.82) is 0 Å². The molecule has 386 valence electrons. The molecule has 4 aromatic heterocycles. The number of para-hydroxylation sites is 4. The zero-order valence-electron chi connectivity index (χ0n) is 44.8. The zero-order chi connectivity index (χ0) is 54.0. The molecule has 0 spiro atoms. The monoisotopic (exact) mass is 1050 g/mol. The summed E-state index contributed by atoms with van der Waals surface area (Å²) in [5.41, 5.74) is 21.6. The van der Waals surface area contributed by atoms with Crippen LogP contribution in [0.3, 0.4) is 0 Å². The lowest BCUT2D eigenvalue weighted by atomic mass is 9.56. The first-order valence-electron chi connectivity index (χ1n) is 28.1. The minimum absolute atomic E-state index is 0.600. The molecule has 0 fully saturated rings. The Morgan fingerprint density at radius 2 is 0.463 bits per heavy atom. The molecule has 18 rings (SSSR count). The summed E-state index contributed by atoms with van der Waals surface area (Å²) < 4.78 is 26.4. The third-order valence-electron chi connectivity index (χ3n) is 18.6. The molecule has 82 heavy (non-hydrogen) atoms. The highest BCUT2D eigenvalue weighted by Gasteiger charge is 2.57. The van der Waals surface area contributed by atoms with Crippen LogP contribution in [0.1, 0.15) is 36.1 Å². The molecule has 16 aromatic rings. The first kappa shape index (κ1) is 45.3. The van der Waals surface area contributed by atoms with Crippen molar-refractivity contribution in [2.75, 3.05) is 9.80 Å². The van der Waals surface area contributed by atoms with E-state index in [0.717, 1.165) is 122 Å². The van der Waals surface area contributed by atoms with Crippen LogP contribution in [0.5, 0.6) is 0 Å². The Kier molecular flexibility index (Phi) is 9.12. The average Bonchev–Trinajstić information content (AvgIpc) is 2.74. The normalized spacial score (nSPS) is 16.3. The van der Waals surface area contributed by atoms with E-state index in [-0.39, 0.29) is 0 Å². The predicted octanol–water partition coefficient (Wildman–Crippen LogP) is 21.5. The number of fused-ring (bicyclic) bond motifs is 18. The fourth-order valence-corrected chi connectivity index (χ4v) is 14.6. The van der Waals surface area contributed by atoms with Gasteiger partial charge in [-0.2, -0.15) is 0 Å². The largest absolute Gasteiger partial charge is 0.456 e. The Bertz CT molecular complexity index is 4820. The minimum atomic E-state index is -0.600. The van der Waals surface area contributed by atoms with E-state index in [9.17, 15) is 0 Å². The summed E-state index contributed by atoms with van der Waals surface area (Å²) in [4.78, 5) is 4.74. The molecule has 0 radical (unpaired) electrons. The zero-order valence-corrected chi connectivity index (χ0v) is 44.8. The van der Waals surface area contributed by atoms with Gasteiger partial charge in [-0.3, -0.25) is 0 Å². The number of benzene rings is 12. The molecule has 6 nitrogen and oxygen atoms in total. The molecule has 4 heterocycles. The summed E-state index contributed by atoms with van der Waals surface area (Å²) >= 11 is 0. The Hall–Kier alpha value is -10.6. The van der Waals surface area contributed by atoms with Crippen molar-refractivity contribution in [3.05, 3.63) is 277 Å². The van der Waals surface area contributed by atoms with Gasteiger partial charge in [0.1, 0.15) is 44.7 Å². The first-order chi connectivity index (χ1) is 40.4. The molecule has 0 amide bonds. The van der Waals surface area contributed by atoms with Crippen molar-refractivity contribution < 1.29 is 17.7 Å². The van der Waals surface area contributed by atoms with E-state index in [2.05, 4.69) is 230 Å². The third-order valence-corrected chi connectivity index (χ3v) is 18.6. The average molecular weight is 1050 g/mol. The van der Waals surface area contributed by atoms with E-state index in [0.29, 0.717) is 0 Å². The smallest absolute Gasteiger partial charge is 0.137 e. The second-order valence-corrected chi connectivity index (χ2v) is 22.6. The molecule has 0 saturated carbocycles. The van der Waals surface area contributed by atoms with Crippen LogP contribution in [-0.4, -0.2) is 0 Å². The van der Waals surface area contributed by atoms with E-state index in [1.807, 2.05) is 48.5 Å². The van der Waals surface area contributed by atoms with E-state index in [1.165, 1.54) is 44.5 Å². The Morgan fingerprint density at radius 3 is 0.793 bits per heavy atom. The lowest BCUT2D eigenvalue weighted by molar-refractivity contribution is 0.376. The summed E-state index contributed by atoms with van der Waals surface area (Å²) in [6.07, 6.45) is 0. The molecule has 2 atom stereocenters. The van der Waals surface area contributed by atoms with Crippen molar-refractivity contribution in [2.24, 2.45) is 0 Å². The van der Waals surface area contributed by atoms with Crippen LogP contribution < -0.4 is 9.80 Å². The summed E-state index contributed by atoms with van der Waals surface area (Å²) in [5, 5.41) is 8.72. The van der Waals surface area contributed by atoms with Gasteiger partial charge in [0.05, 0.1) is 0 Å². The second-order valence-electron chi connectivity index (χ2n) is 22.6. The van der Waals surface area contributed by atoms with Gasteiger partial charge in [0.2, 0.25) is 0 Å². The number of nitrogens with zero attached hydrogens (tertiary/aromatic N) is 2. The highest BCUT2D eigenvalue weighted by molar-refractivity contribution is 6.10. The molecule has 0 saturated heterocycles. The third kappa shape index (κ3) is 6.13. The molecule has 2 aliphatic rings. The van der Waals surface area contributed by atoms with Crippen molar-refractivity contribution >= 4 is 122 Å². The van der Waals surface area contributed by atoms with Crippen LogP contribution in [0.15, 0.2) is 272 Å². The van der Waals surface area contributed by atoms with Crippen LogP contribution in [0, 0.1) is 0 Å². The number of hydrogen-bond acceptors (Lipinski definition) is 6. The van der Waals surface area contributed by atoms with Gasteiger partial charge in [-0.15, -0.1) is 0 Å². The van der Waals surface area contributed by atoms with Gasteiger partial charge in [0, 0.05) is 112 Å².